The Morgan fingerprint density at radius 2 is 1.80 bits per heavy atom. The maximum absolute atomic E-state index is 13.4. The molecule has 40 heavy (non-hydrogen) atoms. The molecule has 2 heterocycles. The summed E-state index contributed by atoms with van der Waals surface area (Å²) in [6.07, 6.45) is 1.92. The molecule has 1 saturated heterocycles. The van der Waals surface area contributed by atoms with Crippen molar-refractivity contribution < 1.29 is 29.0 Å². The zero-order valence-electron chi connectivity index (χ0n) is 22.8. The van der Waals surface area contributed by atoms with Gasteiger partial charge in [-0.15, -0.1) is 0 Å². The van der Waals surface area contributed by atoms with Gasteiger partial charge in [0.1, 0.15) is 16.4 Å². The van der Waals surface area contributed by atoms with Gasteiger partial charge in [-0.1, -0.05) is 62.3 Å². The molecule has 0 saturated carbocycles. The van der Waals surface area contributed by atoms with Crippen LogP contribution < -0.4 is 9.64 Å². The van der Waals surface area contributed by atoms with Crippen molar-refractivity contribution in [2.45, 2.75) is 46.6 Å². The largest absolute Gasteiger partial charge is 0.507 e. The molecule has 1 aliphatic rings. The van der Waals surface area contributed by atoms with Crippen LogP contribution in [0.4, 0.5) is 5.13 Å². The number of anilines is 1. The second-order valence-corrected chi connectivity index (χ2v) is 11.3. The number of ether oxygens (including phenoxy) is 2. The van der Waals surface area contributed by atoms with Crippen molar-refractivity contribution in [3.63, 3.8) is 0 Å². The van der Waals surface area contributed by atoms with Gasteiger partial charge in [-0.3, -0.25) is 14.5 Å². The number of rotatable bonds is 10. The number of aliphatic hydroxyl groups is 1. The van der Waals surface area contributed by atoms with Crippen LogP contribution in [0.5, 0.6) is 5.75 Å². The second-order valence-electron chi connectivity index (χ2n) is 9.85. The summed E-state index contributed by atoms with van der Waals surface area (Å²) < 4.78 is 11.1. The van der Waals surface area contributed by atoms with Crippen molar-refractivity contribution in [2.75, 3.05) is 18.1 Å². The summed E-state index contributed by atoms with van der Waals surface area (Å²) in [5.41, 5.74) is 1.18. The predicted octanol–water partition coefficient (Wildman–Crippen LogP) is 6.72. The number of esters is 1. The quantitative estimate of drug-likeness (QED) is 0.0929. The van der Waals surface area contributed by atoms with Crippen molar-refractivity contribution in [1.82, 2.24) is 4.98 Å². The minimum atomic E-state index is -0.997. The van der Waals surface area contributed by atoms with Crippen LogP contribution in [0.1, 0.15) is 66.1 Å². The molecule has 10 heteroatoms. The van der Waals surface area contributed by atoms with Gasteiger partial charge in [0, 0.05) is 10.6 Å². The van der Waals surface area contributed by atoms with Gasteiger partial charge in [0.05, 0.1) is 30.5 Å². The van der Waals surface area contributed by atoms with E-state index >= 15 is 0 Å². The number of amides is 1. The summed E-state index contributed by atoms with van der Waals surface area (Å²) in [6, 6.07) is 12.3. The van der Waals surface area contributed by atoms with E-state index in [9.17, 15) is 19.5 Å². The number of hydrogen-bond acceptors (Lipinski definition) is 8. The number of nitrogens with zero attached hydrogens (tertiary/aromatic N) is 2. The fourth-order valence-corrected chi connectivity index (χ4v) is 5.29. The molecule has 1 N–H and O–H groups in total. The van der Waals surface area contributed by atoms with Gasteiger partial charge in [-0.2, -0.15) is 0 Å². The zero-order valence-corrected chi connectivity index (χ0v) is 24.3. The van der Waals surface area contributed by atoms with Crippen molar-refractivity contribution in [2.24, 2.45) is 5.92 Å². The minimum Gasteiger partial charge on any atom is -0.507 e. The molecule has 0 aliphatic carbocycles. The molecule has 3 aromatic rings. The van der Waals surface area contributed by atoms with Gasteiger partial charge in [-0.25, -0.2) is 9.78 Å². The third kappa shape index (κ3) is 6.21. The molecule has 0 spiro atoms. The van der Waals surface area contributed by atoms with Crippen molar-refractivity contribution in [3.05, 3.63) is 80.8 Å². The molecule has 4 rings (SSSR count). The fourth-order valence-electron chi connectivity index (χ4n) is 4.17. The lowest BCUT2D eigenvalue weighted by Gasteiger charge is -2.23. The fraction of sp³-hybridized carbons (Fsp3) is 0.333. The first kappa shape index (κ1) is 29.3. The highest BCUT2D eigenvalue weighted by Crippen LogP contribution is 2.44. The number of hydrogen-bond donors (Lipinski definition) is 1. The highest BCUT2D eigenvalue weighted by atomic mass is 35.5. The van der Waals surface area contributed by atoms with Crippen molar-refractivity contribution in [3.8, 4) is 5.75 Å². The monoisotopic (exact) mass is 582 g/mol. The van der Waals surface area contributed by atoms with E-state index in [0.717, 1.165) is 24.2 Å². The number of carbonyl (C=O) groups is 3. The first-order valence-corrected chi connectivity index (χ1v) is 14.3. The van der Waals surface area contributed by atoms with E-state index < -0.39 is 23.7 Å². The van der Waals surface area contributed by atoms with E-state index in [1.807, 2.05) is 13.8 Å². The molecule has 2 aromatic carbocycles. The van der Waals surface area contributed by atoms with Gasteiger partial charge < -0.3 is 14.6 Å². The number of aromatic nitrogens is 1. The van der Waals surface area contributed by atoms with E-state index in [-0.39, 0.29) is 33.9 Å². The van der Waals surface area contributed by atoms with Crippen LogP contribution >= 0.6 is 22.9 Å². The second kappa shape index (κ2) is 12.7. The number of Topliss-reactive ketones (excluding diaryl/α,β-unsaturated/α-hetero) is 1. The molecule has 1 fully saturated rings. The highest BCUT2D eigenvalue weighted by Gasteiger charge is 2.48. The molecule has 1 atom stereocenters. The van der Waals surface area contributed by atoms with Crippen LogP contribution in [-0.4, -0.2) is 41.0 Å². The number of aryl methyl sites for hydroxylation is 1. The van der Waals surface area contributed by atoms with Gasteiger partial charge in [-0.05, 0) is 61.2 Å². The molecular formula is C30H31ClN2O6S. The lowest BCUT2D eigenvalue weighted by Crippen LogP contribution is -2.29. The molecule has 0 bridgehead atoms. The Balaban J connectivity index is 1.77. The molecule has 0 radical (unpaired) electrons. The third-order valence-electron chi connectivity index (χ3n) is 6.25. The van der Waals surface area contributed by atoms with E-state index in [2.05, 4.69) is 11.9 Å². The molecule has 1 aliphatic heterocycles. The van der Waals surface area contributed by atoms with Crippen molar-refractivity contribution >= 4 is 51.5 Å². The minimum absolute atomic E-state index is 0.0937. The van der Waals surface area contributed by atoms with Gasteiger partial charge in [0.25, 0.3) is 5.78 Å². The lowest BCUT2D eigenvalue weighted by atomic mass is 9.95. The zero-order chi connectivity index (χ0) is 29.0. The number of halogens is 1. The van der Waals surface area contributed by atoms with E-state index in [1.54, 1.807) is 55.5 Å². The Labute approximate surface area is 242 Å². The number of unbranched alkanes of at least 4 members (excludes halogenated alkanes) is 1. The lowest BCUT2D eigenvalue weighted by molar-refractivity contribution is -0.132. The first-order chi connectivity index (χ1) is 19.1. The van der Waals surface area contributed by atoms with Crippen LogP contribution in [0.2, 0.25) is 5.02 Å². The number of carbonyl (C=O) groups excluding carboxylic acids is 3. The molecule has 1 unspecified atom stereocenters. The van der Waals surface area contributed by atoms with Gasteiger partial charge >= 0.3 is 11.9 Å². The summed E-state index contributed by atoms with van der Waals surface area (Å²) in [5.74, 6) is -1.82. The van der Waals surface area contributed by atoms with Crippen LogP contribution in [0.25, 0.3) is 5.76 Å². The van der Waals surface area contributed by atoms with E-state index in [4.69, 9.17) is 21.1 Å². The molecule has 1 aromatic heterocycles. The highest BCUT2D eigenvalue weighted by molar-refractivity contribution is 7.17. The van der Waals surface area contributed by atoms with Crippen LogP contribution in [0.15, 0.2) is 54.1 Å². The molecular weight excluding hydrogens is 552 g/mol. The average Bonchev–Trinajstić information content (AvgIpc) is 3.44. The molecule has 210 valence electrons. The summed E-state index contributed by atoms with van der Waals surface area (Å²) >= 11 is 7.08. The third-order valence-corrected chi connectivity index (χ3v) is 7.64. The number of ketones is 1. The van der Waals surface area contributed by atoms with E-state index in [0.29, 0.717) is 34.2 Å². The molecule has 8 nitrogen and oxygen atoms in total. The summed E-state index contributed by atoms with van der Waals surface area (Å²) in [7, 11) is 0. The standard InChI is InChI=1S/C30H31ClN2O6S/c1-5-6-15-38-22-13-9-20(10-14-22)25(34)23-24(19-7-11-21(31)12-8-19)33(28(36)26(23)35)30-32-18(4)27(40-30)29(37)39-16-17(2)3/h7-14,17,24,34H,5-6,15-16H2,1-4H3/b25-23+. The Bertz CT molecular complexity index is 1430. The van der Waals surface area contributed by atoms with Crippen LogP contribution in [0.3, 0.4) is 0 Å². The summed E-state index contributed by atoms with van der Waals surface area (Å²) in [5, 5.41) is 12.0. The topological polar surface area (TPSA) is 106 Å². The Morgan fingerprint density at radius 1 is 1.12 bits per heavy atom. The Hall–Kier alpha value is -3.69. The number of aliphatic hydroxyl groups excluding tert-OH is 1. The smallest absolute Gasteiger partial charge is 0.350 e. The van der Waals surface area contributed by atoms with Gasteiger partial charge in [0.15, 0.2) is 5.13 Å². The number of benzene rings is 2. The van der Waals surface area contributed by atoms with Crippen molar-refractivity contribution in [1.29, 1.82) is 0 Å². The number of thiazole rings is 1. The molecule has 1 amide bonds. The average molecular weight is 583 g/mol. The summed E-state index contributed by atoms with van der Waals surface area (Å²) in [4.78, 5) is 45.5. The van der Waals surface area contributed by atoms with Crippen LogP contribution in [-0.2, 0) is 14.3 Å². The Morgan fingerprint density at radius 3 is 2.42 bits per heavy atom. The maximum Gasteiger partial charge on any atom is 0.350 e. The SMILES string of the molecule is CCCCOc1ccc(/C(O)=C2\C(=O)C(=O)N(c3nc(C)c(C(=O)OCC(C)C)s3)C2c2ccc(Cl)cc2)cc1. The predicted molar refractivity (Wildman–Crippen MR) is 155 cm³/mol. The normalized spacial score (nSPS) is 16.6. The maximum atomic E-state index is 13.4. The first-order valence-electron chi connectivity index (χ1n) is 13.1. The Kier molecular flexibility index (Phi) is 9.27. The van der Waals surface area contributed by atoms with Crippen LogP contribution in [0, 0.1) is 12.8 Å². The van der Waals surface area contributed by atoms with Gasteiger partial charge in [0.2, 0.25) is 0 Å². The van der Waals surface area contributed by atoms with E-state index in [1.165, 1.54) is 4.90 Å². The summed E-state index contributed by atoms with van der Waals surface area (Å²) in [6.45, 7) is 8.38.